The molecule has 1 rings (SSSR count). The molecule has 0 aliphatic carbocycles. The van der Waals surface area contributed by atoms with Crippen LogP contribution in [0.1, 0.15) is 0 Å². The molecule has 50 valence electrons. The van der Waals surface area contributed by atoms with Crippen molar-refractivity contribution in [3.63, 3.8) is 0 Å². The molecule has 0 atom stereocenters. The van der Waals surface area contributed by atoms with Gasteiger partial charge in [0.2, 0.25) is 0 Å². The maximum Gasteiger partial charge on any atom is 0.174 e. The molecule has 0 spiro atoms. The lowest BCUT2D eigenvalue weighted by atomic mass is 11.6. The maximum atomic E-state index is 3.87. The van der Waals surface area contributed by atoms with Gasteiger partial charge in [0, 0.05) is 5.08 Å². The van der Waals surface area contributed by atoms with Gasteiger partial charge in [0.1, 0.15) is 5.51 Å². The van der Waals surface area contributed by atoms with Crippen LogP contribution in [0.3, 0.4) is 0 Å². The molecule has 0 amide bonds. The van der Waals surface area contributed by atoms with Gasteiger partial charge in [0.25, 0.3) is 0 Å². The second-order valence-corrected chi connectivity index (χ2v) is 4.54. The highest BCUT2D eigenvalue weighted by Crippen LogP contribution is 2.21. The van der Waals surface area contributed by atoms with Crippen molar-refractivity contribution in [3.05, 3.63) is 5.51 Å². The Hall–Kier alpha value is 0.260. The summed E-state index contributed by atoms with van der Waals surface area (Å²) in [6, 6.07) is 0. The Bertz CT molecular complexity index is 151. The van der Waals surface area contributed by atoms with E-state index in [1.54, 1.807) is 40.4 Å². The van der Waals surface area contributed by atoms with Crippen LogP contribution in [0.25, 0.3) is 0 Å². The van der Waals surface area contributed by atoms with E-state index < -0.39 is 0 Å². The Morgan fingerprint density at radius 2 is 2.67 bits per heavy atom. The van der Waals surface area contributed by atoms with Gasteiger partial charge in [-0.05, 0) is 6.26 Å². The van der Waals surface area contributed by atoms with E-state index in [4.69, 9.17) is 0 Å². The van der Waals surface area contributed by atoms with Gasteiger partial charge in [-0.3, -0.25) is 0 Å². The van der Waals surface area contributed by atoms with Crippen LogP contribution in [0, 0.1) is 0 Å². The van der Waals surface area contributed by atoms with Crippen LogP contribution < -0.4 is 0 Å². The molecule has 0 aliphatic heterocycles. The van der Waals surface area contributed by atoms with Crippen molar-refractivity contribution in [2.45, 2.75) is 4.34 Å². The SMILES string of the molecule is CSCSc1nncs1. The Balaban J connectivity index is 2.30. The smallest absolute Gasteiger partial charge is 0.154 e. The van der Waals surface area contributed by atoms with E-state index >= 15 is 0 Å². The van der Waals surface area contributed by atoms with Crippen molar-refractivity contribution >= 4 is 34.9 Å². The molecule has 5 heteroatoms. The van der Waals surface area contributed by atoms with Crippen molar-refractivity contribution in [1.82, 2.24) is 10.2 Å². The lowest BCUT2D eigenvalue weighted by molar-refractivity contribution is 1.01. The minimum atomic E-state index is 1.06. The Morgan fingerprint density at radius 1 is 1.78 bits per heavy atom. The summed E-state index contributed by atoms with van der Waals surface area (Å²) in [6.07, 6.45) is 2.08. The largest absolute Gasteiger partial charge is 0.174 e. The predicted octanol–water partition coefficient (Wildman–Crippen LogP) is 1.95. The van der Waals surface area contributed by atoms with Gasteiger partial charge in [-0.15, -0.1) is 10.2 Å². The van der Waals surface area contributed by atoms with Crippen LogP contribution in [0.4, 0.5) is 0 Å². The lowest BCUT2D eigenvalue weighted by Crippen LogP contribution is -1.70. The maximum absolute atomic E-state index is 3.87. The molecular weight excluding hydrogens is 172 g/mol. The first-order valence-corrected chi connectivity index (χ1v) is 5.57. The van der Waals surface area contributed by atoms with E-state index in [1.165, 1.54) is 0 Å². The molecule has 0 N–H and O–H groups in total. The van der Waals surface area contributed by atoms with Gasteiger partial charge in [-0.25, -0.2) is 0 Å². The number of thioether (sulfide) groups is 2. The average Bonchev–Trinajstić information content (AvgIpc) is 2.34. The fourth-order valence-electron chi connectivity index (χ4n) is 0.335. The van der Waals surface area contributed by atoms with Gasteiger partial charge in [0.05, 0.1) is 0 Å². The molecule has 0 aromatic carbocycles. The van der Waals surface area contributed by atoms with Crippen LogP contribution >= 0.6 is 34.9 Å². The molecule has 1 aromatic rings. The van der Waals surface area contributed by atoms with E-state index in [1.807, 2.05) is 0 Å². The van der Waals surface area contributed by atoms with Crippen molar-refractivity contribution in [2.75, 3.05) is 11.3 Å². The molecule has 0 radical (unpaired) electrons. The van der Waals surface area contributed by atoms with Gasteiger partial charge >= 0.3 is 0 Å². The second-order valence-electron chi connectivity index (χ2n) is 1.26. The standard InChI is InChI=1S/C4H6N2S3/c1-7-3-9-4-6-5-2-8-4/h2H,3H2,1H3. The molecule has 2 nitrogen and oxygen atoms in total. The van der Waals surface area contributed by atoms with E-state index in [9.17, 15) is 0 Å². The van der Waals surface area contributed by atoms with Crippen LogP contribution in [-0.2, 0) is 0 Å². The number of aromatic nitrogens is 2. The normalized spacial score (nSPS) is 9.89. The number of rotatable bonds is 3. The summed E-state index contributed by atoms with van der Waals surface area (Å²) < 4.78 is 1.06. The van der Waals surface area contributed by atoms with Crippen LogP contribution in [0.15, 0.2) is 9.85 Å². The van der Waals surface area contributed by atoms with Gasteiger partial charge in [-0.2, -0.15) is 11.8 Å². The summed E-state index contributed by atoms with van der Waals surface area (Å²) in [7, 11) is 0. The summed E-state index contributed by atoms with van der Waals surface area (Å²) in [5.74, 6) is 0. The summed E-state index contributed by atoms with van der Waals surface area (Å²) in [4.78, 5) is 0. The molecule has 0 aliphatic rings. The van der Waals surface area contributed by atoms with E-state index in [2.05, 4.69) is 16.5 Å². The topological polar surface area (TPSA) is 25.8 Å². The van der Waals surface area contributed by atoms with Gasteiger partial charge < -0.3 is 0 Å². The third-order valence-corrected chi connectivity index (χ3v) is 3.51. The zero-order valence-corrected chi connectivity index (χ0v) is 7.35. The average molecular weight is 178 g/mol. The summed E-state index contributed by atoms with van der Waals surface area (Å²) in [5.41, 5.74) is 1.75. The molecule has 0 saturated heterocycles. The number of nitrogens with zero attached hydrogens (tertiary/aromatic N) is 2. The number of hydrogen-bond donors (Lipinski definition) is 0. The lowest BCUT2D eigenvalue weighted by Gasteiger charge is -1.87. The van der Waals surface area contributed by atoms with E-state index in [-0.39, 0.29) is 0 Å². The van der Waals surface area contributed by atoms with Crippen molar-refractivity contribution < 1.29 is 0 Å². The van der Waals surface area contributed by atoms with E-state index in [0.29, 0.717) is 0 Å². The molecule has 1 aromatic heterocycles. The first-order chi connectivity index (χ1) is 4.43. The highest BCUT2D eigenvalue weighted by atomic mass is 32.2. The first-order valence-electron chi connectivity index (χ1n) is 2.31. The quantitative estimate of drug-likeness (QED) is 0.522. The van der Waals surface area contributed by atoms with Crippen molar-refractivity contribution in [2.24, 2.45) is 0 Å². The molecular formula is C4H6N2S3. The fourth-order valence-corrected chi connectivity index (χ4v) is 2.43. The van der Waals surface area contributed by atoms with Crippen LogP contribution in [-0.4, -0.2) is 21.5 Å². The summed E-state index contributed by atoms with van der Waals surface area (Å²) in [6.45, 7) is 0. The Kier molecular flexibility index (Phi) is 3.39. The number of hydrogen-bond acceptors (Lipinski definition) is 5. The molecule has 0 fully saturated rings. The van der Waals surface area contributed by atoms with Crippen LogP contribution in [0.5, 0.6) is 0 Å². The summed E-state index contributed by atoms with van der Waals surface area (Å²) >= 11 is 5.13. The van der Waals surface area contributed by atoms with E-state index in [0.717, 1.165) is 9.42 Å². The zero-order chi connectivity index (χ0) is 6.53. The summed E-state index contributed by atoms with van der Waals surface area (Å²) in [5, 5.41) is 8.65. The van der Waals surface area contributed by atoms with Crippen molar-refractivity contribution in [1.29, 1.82) is 0 Å². The molecule has 1 heterocycles. The minimum absolute atomic E-state index is 1.06. The van der Waals surface area contributed by atoms with Gasteiger partial charge in [-0.1, -0.05) is 23.1 Å². The third-order valence-electron chi connectivity index (χ3n) is 0.640. The zero-order valence-electron chi connectivity index (χ0n) is 4.90. The monoisotopic (exact) mass is 178 g/mol. The first kappa shape index (κ1) is 7.37. The Morgan fingerprint density at radius 3 is 3.22 bits per heavy atom. The predicted molar refractivity (Wildman–Crippen MR) is 44.1 cm³/mol. The fraction of sp³-hybridized carbons (Fsp3) is 0.500. The molecule has 0 unspecified atom stereocenters. The third kappa shape index (κ3) is 2.55. The minimum Gasteiger partial charge on any atom is -0.154 e. The van der Waals surface area contributed by atoms with Crippen LogP contribution in [0.2, 0.25) is 0 Å². The highest BCUT2D eigenvalue weighted by molar-refractivity contribution is 8.16. The van der Waals surface area contributed by atoms with Gasteiger partial charge in [0.15, 0.2) is 4.34 Å². The highest BCUT2D eigenvalue weighted by Gasteiger charge is 1.93. The molecule has 0 bridgehead atoms. The Labute approximate surface area is 66.5 Å². The second kappa shape index (κ2) is 4.14. The molecule has 0 saturated carbocycles. The van der Waals surface area contributed by atoms with Crippen molar-refractivity contribution in [3.8, 4) is 0 Å². The molecule has 9 heavy (non-hydrogen) atoms.